The molecule has 0 amide bonds. The van der Waals surface area contributed by atoms with E-state index in [9.17, 15) is 4.79 Å². The van der Waals surface area contributed by atoms with Crippen molar-refractivity contribution in [2.75, 3.05) is 12.4 Å². The Kier molecular flexibility index (Phi) is 4.24. The predicted molar refractivity (Wildman–Crippen MR) is 75.3 cm³/mol. The Morgan fingerprint density at radius 2 is 2.00 bits per heavy atom. The second-order valence-electron chi connectivity index (χ2n) is 3.68. The highest BCUT2D eigenvalue weighted by atomic mass is 35.5. The van der Waals surface area contributed by atoms with Crippen LogP contribution < -0.4 is 5.32 Å². The zero-order chi connectivity index (χ0) is 13.8. The summed E-state index contributed by atoms with van der Waals surface area (Å²) >= 11 is 11.8. The number of methoxy groups -OCH3 is 1. The van der Waals surface area contributed by atoms with Crippen LogP contribution in [0.15, 0.2) is 36.5 Å². The molecule has 1 aromatic carbocycles. The number of benzene rings is 1. The third-order valence-electron chi connectivity index (χ3n) is 2.37. The number of pyridine rings is 1. The Bertz CT molecular complexity index is 617. The van der Waals surface area contributed by atoms with Gasteiger partial charge in [-0.25, -0.2) is 9.78 Å². The number of aromatic nitrogens is 1. The smallest absolute Gasteiger partial charge is 0.338 e. The van der Waals surface area contributed by atoms with Crippen LogP contribution in [0.5, 0.6) is 0 Å². The molecule has 1 N–H and O–H groups in total. The molecule has 0 aliphatic rings. The number of anilines is 2. The molecule has 4 nitrogen and oxygen atoms in total. The van der Waals surface area contributed by atoms with E-state index in [0.717, 1.165) is 5.69 Å². The van der Waals surface area contributed by atoms with Crippen LogP contribution >= 0.6 is 23.2 Å². The zero-order valence-corrected chi connectivity index (χ0v) is 11.5. The van der Waals surface area contributed by atoms with Gasteiger partial charge in [-0.15, -0.1) is 0 Å². The summed E-state index contributed by atoms with van der Waals surface area (Å²) in [7, 11) is 1.33. The normalized spacial score (nSPS) is 10.1. The molecular formula is C13H10Cl2N2O2. The van der Waals surface area contributed by atoms with Crippen molar-refractivity contribution < 1.29 is 9.53 Å². The minimum absolute atomic E-state index is 0.417. The fourth-order valence-electron chi connectivity index (χ4n) is 1.47. The Hall–Kier alpha value is -1.78. The number of hydrogen-bond acceptors (Lipinski definition) is 4. The van der Waals surface area contributed by atoms with Crippen LogP contribution in [0.3, 0.4) is 0 Å². The van der Waals surface area contributed by atoms with Gasteiger partial charge in [-0.2, -0.15) is 0 Å². The van der Waals surface area contributed by atoms with Crippen molar-refractivity contribution >= 4 is 40.7 Å². The van der Waals surface area contributed by atoms with E-state index in [-0.39, 0.29) is 0 Å². The molecule has 0 atom stereocenters. The van der Waals surface area contributed by atoms with Crippen LogP contribution in [-0.4, -0.2) is 18.1 Å². The molecule has 1 heterocycles. The van der Waals surface area contributed by atoms with Crippen molar-refractivity contribution in [3.8, 4) is 0 Å². The van der Waals surface area contributed by atoms with Gasteiger partial charge in [0.25, 0.3) is 0 Å². The molecule has 0 aliphatic heterocycles. The molecule has 98 valence electrons. The van der Waals surface area contributed by atoms with E-state index in [1.165, 1.54) is 13.3 Å². The summed E-state index contributed by atoms with van der Waals surface area (Å²) in [4.78, 5) is 15.5. The highest BCUT2D eigenvalue weighted by Crippen LogP contribution is 2.26. The number of nitrogens with zero attached hydrogens (tertiary/aromatic N) is 1. The van der Waals surface area contributed by atoms with Gasteiger partial charge in [-0.1, -0.05) is 23.2 Å². The van der Waals surface area contributed by atoms with E-state index in [2.05, 4.69) is 15.0 Å². The summed E-state index contributed by atoms with van der Waals surface area (Å²) < 4.78 is 4.64. The second kappa shape index (κ2) is 5.91. The zero-order valence-electron chi connectivity index (χ0n) is 9.98. The first-order valence-electron chi connectivity index (χ1n) is 5.36. The van der Waals surface area contributed by atoms with E-state index >= 15 is 0 Å². The van der Waals surface area contributed by atoms with Gasteiger partial charge in [0.05, 0.1) is 22.7 Å². The van der Waals surface area contributed by atoms with Crippen LogP contribution in [-0.2, 0) is 4.74 Å². The number of halogens is 2. The quantitative estimate of drug-likeness (QED) is 0.872. The number of carbonyl (C=O) groups excluding carboxylic acids is 1. The van der Waals surface area contributed by atoms with E-state index < -0.39 is 5.97 Å². The summed E-state index contributed by atoms with van der Waals surface area (Å²) in [5, 5.41) is 3.95. The van der Waals surface area contributed by atoms with Crippen molar-refractivity contribution in [1.82, 2.24) is 4.98 Å². The van der Waals surface area contributed by atoms with E-state index in [1.807, 2.05) is 0 Å². The van der Waals surface area contributed by atoms with E-state index in [0.29, 0.717) is 21.4 Å². The first-order chi connectivity index (χ1) is 9.10. The molecule has 0 aliphatic carbocycles. The summed E-state index contributed by atoms with van der Waals surface area (Å²) in [5.41, 5.74) is 1.14. The van der Waals surface area contributed by atoms with Crippen molar-refractivity contribution in [3.05, 3.63) is 52.1 Å². The largest absolute Gasteiger partial charge is 0.465 e. The highest BCUT2D eigenvalue weighted by molar-refractivity contribution is 6.42. The third-order valence-corrected chi connectivity index (χ3v) is 3.11. The lowest BCUT2D eigenvalue weighted by atomic mass is 10.2. The van der Waals surface area contributed by atoms with Gasteiger partial charge in [-0.05, 0) is 30.3 Å². The lowest BCUT2D eigenvalue weighted by Gasteiger charge is -2.07. The van der Waals surface area contributed by atoms with E-state index in [1.54, 1.807) is 30.3 Å². The van der Waals surface area contributed by atoms with Gasteiger partial charge in [0.1, 0.15) is 5.82 Å². The molecular weight excluding hydrogens is 287 g/mol. The maximum absolute atomic E-state index is 11.4. The maximum atomic E-state index is 11.4. The molecule has 0 saturated carbocycles. The molecule has 0 fully saturated rings. The van der Waals surface area contributed by atoms with Gasteiger partial charge in [0, 0.05) is 11.9 Å². The number of nitrogens with one attached hydrogen (secondary N) is 1. The number of rotatable bonds is 3. The first-order valence-corrected chi connectivity index (χ1v) is 6.12. The summed E-state index contributed by atoms with van der Waals surface area (Å²) in [6.07, 6.45) is 1.52. The monoisotopic (exact) mass is 296 g/mol. The van der Waals surface area contributed by atoms with Crippen LogP contribution in [0, 0.1) is 0 Å². The Labute approximate surface area is 120 Å². The van der Waals surface area contributed by atoms with E-state index in [4.69, 9.17) is 23.2 Å². The SMILES string of the molecule is COC(=O)c1ccnc(Nc2ccc(Cl)c(Cl)c2)c1. The van der Waals surface area contributed by atoms with Crippen LogP contribution in [0.1, 0.15) is 10.4 Å². The molecule has 0 unspecified atom stereocenters. The highest BCUT2D eigenvalue weighted by Gasteiger charge is 2.07. The summed E-state index contributed by atoms with van der Waals surface area (Å²) in [6, 6.07) is 8.29. The second-order valence-corrected chi connectivity index (χ2v) is 4.49. The Morgan fingerprint density at radius 1 is 1.21 bits per heavy atom. The average Bonchev–Trinajstić information content (AvgIpc) is 2.42. The number of esters is 1. The minimum atomic E-state index is -0.417. The molecule has 2 aromatic rings. The lowest BCUT2D eigenvalue weighted by molar-refractivity contribution is 0.0600. The molecule has 19 heavy (non-hydrogen) atoms. The minimum Gasteiger partial charge on any atom is -0.465 e. The van der Waals surface area contributed by atoms with Crippen molar-refractivity contribution in [1.29, 1.82) is 0 Å². The average molecular weight is 297 g/mol. The number of hydrogen-bond donors (Lipinski definition) is 1. The first kappa shape index (κ1) is 13.6. The molecule has 1 aromatic heterocycles. The Balaban J connectivity index is 2.23. The van der Waals surface area contributed by atoms with Crippen molar-refractivity contribution in [2.24, 2.45) is 0 Å². The predicted octanol–water partition coefficient (Wildman–Crippen LogP) is 3.92. The van der Waals surface area contributed by atoms with Gasteiger partial charge in [0.2, 0.25) is 0 Å². The van der Waals surface area contributed by atoms with Gasteiger partial charge in [0.15, 0.2) is 0 Å². The molecule has 0 radical (unpaired) electrons. The molecule has 0 spiro atoms. The Morgan fingerprint density at radius 3 is 2.68 bits per heavy atom. The molecule has 2 rings (SSSR count). The third kappa shape index (κ3) is 3.36. The lowest BCUT2D eigenvalue weighted by Crippen LogP contribution is -2.03. The summed E-state index contributed by atoms with van der Waals surface area (Å²) in [6.45, 7) is 0. The fraction of sp³-hybridized carbons (Fsp3) is 0.0769. The van der Waals surface area contributed by atoms with Crippen LogP contribution in [0.25, 0.3) is 0 Å². The van der Waals surface area contributed by atoms with Crippen LogP contribution in [0.4, 0.5) is 11.5 Å². The topological polar surface area (TPSA) is 51.2 Å². The molecule has 0 saturated heterocycles. The van der Waals surface area contributed by atoms with Gasteiger partial charge >= 0.3 is 5.97 Å². The van der Waals surface area contributed by atoms with Crippen molar-refractivity contribution in [3.63, 3.8) is 0 Å². The van der Waals surface area contributed by atoms with Crippen LogP contribution in [0.2, 0.25) is 10.0 Å². The van der Waals surface area contributed by atoms with Gasteiger partial charge in [-0.3, -0.25) is 0 Å². The fourth-order valence-corrected chi connectivity index (χ4v) is 1.76. The maximum Gasteiger partial charge on any atom is 0.338 e. The standard InChI is InChI=1S/C13H10Cl2N2O2/c1-19-13(18)8-4-5-16-12(6-8)17-9-2-3-10(14)11(15)7-9/h2-7H,1H3,(H,16,17). The number of carbonyl (C=O) groups is 1. The number of ether oxygens (including phenoxy) is 1. The molecule has 0 bridgehead atoms. The van der Waals surface area contributed by atoms with Crippen molar-refractivity contribution in [2.45, 2.75) is 0 Å². The summed E-state index contributed by atoms with van der Waals surface area (Å²) in [5.74, 6) is 0.0980. The van der Waals surface area contributed by atoms with Gasteiger partial charge < -0.3 is 10.1 Å². The molecule has 6 heteroatoms.